The Hall–Kier alpha value is -3.28. The van der Waals surface area contributed by atoms with Gasteiger partial charge in [0.15, 0.2) is 0 Å². The third-order valence-corrected chi connectivity index (χ3v) is 6.29. The van der Waals surface area contributed by atoms with Crippen molar-refractivity contribution in [2.45, 2.75) is 24.9 Å². The van der Waals surface area contributed by atoms with Gasteiger partial charge in [-0.05, 0) is 36.2 Å². The number of amides is 4. The van der Waals surface area contributed by atoms with Gasteiger partial charge in [0, 0.05) is 36.5 Å². The van der Waals surface area contributed by atoms with Gasteiger partial charge in [0.05, 0.1) is 5.25 Å². The van der Waals surface area contributed by atoms with Crippen molar-refractivity contribution < 1.29 is 31.9 Å². The van der Waals surface area contributed by atoms with Crippen molar-refractivity contribution in [1.29, 1.82) is 0 Å². The van der Waals surface area contributed by atoms with Gasteiger partial charge >= 0.3 is 18.1 Å². The third-order valence-electron chi connectivity index (χ3n) is 5.06. The highest BCUT2D eigenvalue weighted by molar-refractivity contribution is 7.99. The molecular formula is C22H22F4N4O3S. The van der Waals surface area contributed by atoms with E-state index < -0.39 is 18.0 Å². The van der Waals surface area contributed by atoms with Gasteiger partial charge in [-0.2, -0.15) is 13.2 Å². The number of nitrogens with zero attached hydrogens (tertiary/aromatic N) is 1. The number of hydrogen-bond donors (Lipinski definition) is 3. The molecule has 1 saturated heterocycles. The highest BCUT2D eigenvalue weighted by Gasteiger charge is 2.39. The summed E-state index contributed by atoms with van der Waals surface area (Å²) in [5.74, 6) is -2.83. The third kappa shape index (κ3) is 6.62. The zero-order chi connectivity index (χ0) is 24.9. The van der Waals surface area contributed by atoms with Gasteiger partial charge in [0.25, 0.3) is 5.91 Å². The topological polar surface area (TPSA) is 90.5 Å². The average Bonchev–Trinajstić information content (AvgIpc) is 2.80. The minimum Gasteiger partial charge on any atom is -0.334 e. The standard InChI is InChI=1S/C22H22F4N4O3S/c1-13-2-7-16(17(23)10-13)18-12-30(8-9-34-18)21(33)27-11-14-3-5-15(6-4-14)19(31)28-29-20(32)22(24,25)26/h2-7,10,18H,8-9,11-12H2,1H3,(H,27,33)(H,28,31)(H,29,32). The molecule has 1 aliphatic heterocycles. The molecule has 0 radical (unpaired) electrons. The maximum Gasteiger partial charge on any atom is 0.472 e. The van der Waals surface area contributed by atoms with E-state index in [-0.39, 0.29) is 29.2 Å². The molecule has 1 heterocycles. The van der Waals surface area contributed by atoms with Crippen molar-refractivity contribution in [3.8, 4) is 0 Å². The molecule has 2 aromatic carbocycles. The SMILES string of the molecule is Cc1ccc(C2CN(C(=O)NCc3ccc(C(=O)NNC(=O)C(F)(F)F)cc3)CCS2)c(F)c1. The van der Waals surface area contributed by atoms with Gasteiger partial charge in [-0.15, -0.1) is 11.8 Å². The summed E-state index contributed by atoms with van der Waals surface area (Å²) >= 11 is 1.60. The van der Waals surface area contributed by atoms with Gasteiger partial charge < -0.3 is 10.2 Å². The molecule has 1 aliphatic rings. The van der Waals surface area contributed by atoms with Crippen LogP contribution < -0.4 is 16.2 Å². The fraction of sp³-hybridized carbons (Fsp3) is 0.318. The number of hydrogen-bond acceptors (Lipinski definition) is 4. The molecular weight excluding hydrogens is 476 g/mol. The van der Waals surface area contributed by atoms with Crippen LogP contribution in [-0.4, -0.2) is 47.8 Å². The second-order valence-corrected chi connectivity index (χ2v) is 8.90. The molecule has 2 aromatic rings. The lowest BCUT2D eigenvalue weighted by molar-refractivity contribution is -0.174. The lowest BCUT2D eigenvalue weighted by atomic mass is 10.1. The Bertz CT molecular complexity index is 1060. The Kier molecular flexibility index (Phi) is 8.02. The molecule has 1 atom stereocenters. The molecule has 4 amide bonds. The van der Waals surface area contributed by atoms with E-state index in [4.69, 9.17) is 0 Å². The van der Waals surface area contributed by atoms with Gasteiger partial charge in [0.1, 0.15) is 5.82 Å². The van der Waals surface area contributed by atoms with Gasteiger partial charge in [0.2, 0.25) is 0 Å². The molecule has 0 aromatic heterocycles. The monoisotopic (exact) mass is 498 g/mol. The summed E-state index contributed by atoms with van der Waals surface area (Å²) in [5, 5.41) is 2.60. The second-order valence-electron chi connectivity index (χ2n) is 7.59. The first-order valence-electron chi connectivity index (χ1n) is 10.2. The summed E-state index contributed by atoms with van der Waals surface area (Å²) in [5.41, 5.74) is 5.02. The van der Waals surface area contributed by atoms with Crippen LogP contribution in [0.2, 0.25) is 0 Å². The maximum absolute atomic E-state index is 14.3. The van der Waals surface area contributed by atoms with E-state index in [1.807, 2.05) is 13.0 Å². The summed E-state index contributed by atoms with van der Waals surface area (Å²) in [6, 6.07) is 10.5. The highest BCUT2D eigenvalue weighted by atomic mass is 32.2. The van der Waals surface area contributed by atoms with Crippen molar-refractivity contribution in [3.05, 3.63) is 70.5 Å². The second kappa shape index (κ2) is 10.8. The number of rotatable bonds is 4. The predicted molar refractivity (Wildman–Crippen MR) is 118 cm³/mol. The molecule has 1 unspecified atom stereocenters. The van der Waals surface area contributed by atoms with Gasteiger partial charge in [-0.3, -0.25) is 20.4 Å². The van der Waals surface area contributed by atoms with Crippen LogP contribution in [0.1, 0.15) is 32.3 Å². The summed E-state index contributed by atoms with van der Waals surface area (Å²) in [6.45, 7) is 2.84. The number of thioether (sulfide) groups is 1. The molecule has 0 bridgehead atoms. The van der Waals surface area contributed by atoms with E-state index in [9.17, 15) is 31.9 Å². The zero-order valence-electron chi connectivity index (χ0n) is 18.0. The first kappa shape index (κ1) is 25.3. The molecule has 3 N–H and O–H groups in total. The van der Waals surface area contributed by atoms with Crippen molar-refractivity contribution in [2.75, 3.05) is 18.8 Å². The smallest absolute Gasteiger partial charge is 0.334 e. The maximum atomic E-state index is 14.3. The molecule has 0 aliphatic carbocycles. The number of carbonyl (C=O) groups is 3. The van der Waals surface area contributed by atoms with Crippen LogP contribution in [0.4, 0.5) is 22.4 Å². The number of carbonyl (C=O) groups excluding carboxylic acids is 3. The Morgan fingerprint density at radius 2 is 1.79 bits per heavy atom. The van der Waals surface area contributed by atoms with Crippen LogP contribution in [0.5, 0.6) is 0 Å². The lowest BCUT2D eigenvalue weighted by Crippen LogP contribution is -2.47. The van der Waals surface area contributed by atoms with Crippen LogP contribution in [-0.2, 0) is 11.3 Å². The quantitative estimate of drug-likeness (QED) is 0.445. The first-order chi connectivity index (χ1) is 16.0. The largest absolute Gasteiger partial charge is 0.472 e. The molecule has 0 saturated carbocycles. The van der Waals surface area contributed by atoms with E-state index in [0.29, 0.717) is 30.0 Å². The van der Waals surface area contributed by atoms with Crippen molar-refractivity contribution in [3.63, 3.8) is 0 Å². The van der Waals surface area contributed by atoms with Gasteiger partial charge in [-0.25, -0.2) is 9.18 Å². The molecule has 182 valence electrons. The summed E-state index contributed by atoms with van der Waals surface area (Å²) in [7, 11) is 0. The number of aryl methyl sites for hydroxylation is 1. The van der Waals surface area contributed by atoms with Crippen LogP contribution in [0, 0.1) is 12.7 Å². The summed E-state index contributed by atoms with van der Waals surface area (Å²) < 4.78 is 50.8. The fourth-order valence-corrected chi connectivity index (χ4v) is 4.50. The van der Waals surface area contributed by atoms with E-state index in [0.717, 1.165) is 5.56 Å². The van der Waals surface area contributed by atoms with Crippen molar-refractivity contribution in [2.24, 2.45) is 0 Å². The summed E-state index contributed by atoms with van der Waals surface area (Å²) in [6.07, 6.45) is -5.11. The predicted octanol–water partition coefficient (Wildman–Crippen LogP) is 3.46. The van der Waals surface area contributed by atoms with Crippen LogP contribution >= 0.6 is 11.8 Å². The summed E-state index contributed by atoms with van der Waals surface area (Å²) in [4.78, 5) is 36.8. The Morgan fingerprint density at radius 1 is 1.09 bits per heavy atom. The van der Waals surface area contributed by atoms with Gasteiger partial charge in [-0.1, -0.05) is 24.3 Å². The molecule has 1 fully saturated rings. The molecule has 34 heavy (non-hydrogen) atoms. The molecule has 0 spiro atoms. The molecule has 7 nitrogen and oxygen atoms in total. The average molecular weight is 499 g/mol. The Morgan fingerprint density at radius 3 is 2.44 bits per heavy atom. The molecule has 12 heteroatoms. The first-order valence-corrected chi connectivity index (χ1v) is 11.3. The highest BCUT2D eigenvalue weighted by Crippen LogP contribution is 2.34. The number of halogens is 4. The minimum atomic E-state index is -5.11. The van der Waals surface area contributed by atoms with Crippen LogP contribution in [0.15, 0.2) is 42.5 Å². The number of urea groups is 1. The van der Waals surface area contributed by atoms with Crippen LogP contribution in [0.3, 0.4) is 0 Å². The number of nitrogens with one attached hydrogen (secondary N) is 3. The van der Waals surface area contributed by atoms with Crippen molar-refractivity contribution >= 4 is 29.6 Å². The van der Waals surface area contributed by atoms with E-state index >= 15 is 0 Å². The van der Waals surface area contributed by atoms with Crippen LogP contribution in [0.25, 0.3) is 0 Å². The zero-order valence-corrected chi connectivity index (χ0v) is 18.9. The van der Waals surface area contributed by atoms with E-state index in [2.05, 4.69) is 5.32 Å². The normalized spacial score (nSPS) is 16.0. The minimum absolute atomic E-state index is 0.0218. The molecule has 3 rings (SSSR count). The number of hydrazine groups is 1. The van der Waals surface area contributed by atoms with Crippen molar-refractivity contribution in [1.82, 2.24) is 21.1 Å². The fourth-order valence-electron chi connectivity index (χ4n) is 3.24. The lowest BCUT2D eigenvalue weighted by Gasteiger charge is -2.32. The Labute approximate surface area is 197 Å². The Balaban J connectivity index is 1.50. The number of alkyl halides is 3. The van der Waals surface area contributed by atoms with E-state index in [1.165, 1.54) is 35.8 Å². The van der Waals surface area contributed by atoms with E-state index in [1.54, 1.807) is 28.2 Å². The number of benzene rings is 2.